The molecule has 7 nitrogen and oxygen atoms in total. The Morgan fingerprint density at radius 1 is 1.03 bits per heavy atom. The average Bonchev–Trinajstić information content (AvgIpc) is 3.32. The van der Waals surface area contributed by atoms with Crippen LogP contribution in [0.2, 0.25) is 10.0 Å². The van der Waals surface area contributed by atoms with Crippen LogP contribution in [0, 0.1) is 0 Å². The summed E-state index contributed by atoms with van der Waals surface area (Å²) in [6.07, 6.45) is -0.399. The van der Waals surface area contributed by atoms with E-state index in [9.17, 15) is 14.4 Å². The fourth-order valence-corrected chi connectivity index (χ4v) is 5.57. The number of halogens is 3. The second-order valence-electron chi connectivity index (χ2n) is 8.82. The summed E-state index contributed by atoms with van der Waals surface area (Å²) < 4.78 is 0.838. The number of carboxylic acids is 1. The number of carbonyl (C=O) groups is 2. The van der Waals surface area contributed by atoms with E-state index in [4.69, 9.17) is 28.3 Å². The number of aromatic amines is 1. The lowest BCUT2D eigenvalue weighted by Crippen LogP contribution is -2.27. The number of carbonyl (C=O) groups excluding carboxylic acids is 1. The zero-order chi connectivity index (χ0) is 27.0. The van der Waals surface area contributed by atoms with Crippen molar-refractivity contribution in [2.24, 2.45) is 5.10 Å². The number of H-pyrrole nitrogens is 1. The number of carboxylic acid groups (broad SMARTS) is 1. The molecule has 0 unspecified atom stereocenters. The van der Waals surface area contributed by atoms with Crippen LogP contribution in [-0.4, -0.2) is 32.7 Å². The van der Waals surface area contributed by atoms with E-state index >= 15 is 0 Å². The first-order chi connectivity index (χ1) is 18.2. The van der Waals surface area contributed by atoms with E-state index in [0.717, 1.165) is 15.4 Å². The maximum absolute atomic E-state index is 13.6. The number of hydrogen-bond acceptors (Lipinski definition) is 4. The molecule has 5 rings (SSSR count). The Bertz CT molecular complexity index is 1670. The number of aromatic nitrogens is 1. The SMILES string of the molecule is O=C(O)CCC(=O)N1N=C(c2c(-c3ccccc3)c3cc(Br)ccc3[nH]c2=O)C[C@H]1c1ccc(Cl)cc1Cl. The van der Waals surface area contributed by atoms with Gasteiger partial charge < -0.3 is 10.1 Å². The molecule has 192 valence electrons. The van der Waals surface area contributed by atoms with Crippen molar-refractivity contribution in [3.8, 4) is 11.1 Å². The van der Waals surface area contributed by atoms with Gasteiger partial charge in [-0.1, -0.05) is 75.5 Å². The Labute approximate surface area is 235 Å². The molecule has 2 N–H and O–H groups in total. The first-order valence-corrected chi connectivity index (χ1v) is 13.3. The number of fused-ring (bicyclic) bond motifs is 1. The monoisotopic (exact) mass is 611 g/mol. The topological polar surface area (TPSA) is 103 Å². The molecule has 0 saturated heterocycles. The third-order valence-corrected chi connectivity index (χ3v) is 7.42. The fraction of sp³-hybridized carbons (Fsp3) is 0.143. The summed E-state index contributed by atoms with van der Waals surface area (Å²) in [6.45, 7) is 0. The fourth-order valence-electron chi connectivity index (χ4n) is 4.68. The molecular formula is C28H20BrCl2N3O4. The third-order valence-electron chi connectivity index (χ3n) is 6.37. The average molecular weight is 613 g/mol. The first kappa shape index (κ1) is 26.2. The van der Waals surface area contributed by atoms with E-state index in [1.54, 1.807) is 18.2 Å². The van der Waals surface area contributed by atoms with Gasteiger partial charge >= 0.3 is 5.97 Å². The molecule has 10 heteroatoms. The predicted molar refractivity (Wildman–Crippen MR) is 152 cm³/mol. The van der Waals surface area contributed by atoms with Gasteiger partial charge in [0, 0.05) is 43.8 Å². The van der Waals surface area contributed by atoms with Crippen LogP contribution >= 0.6 is 39.1 Å². The number of hydrogen-bond donors (Lipinski definition) is 2. The van der Waals surface area contributed by atoms with E-state index < -0.39 is 17.9 Å². The maximum Gasteiger partial charge on any atom is 0.303 e. The zero-order valence-corrected chi connectivity index (χ0v) is 22.8. The van der Waals surface area contributed by atoms with Crippen molar-refractivity contribution in [2.75, 3.05) is 0 Å². The van der Waals surface area contributed by atoms with Gasteiger partial charge in [0.05, 0.1) is 23.7 Å². The summed E-state index contributed by atoms with van der Waals surface area (Å²) in [7, 11) is 0. The summed E-state index contributed by atoms with van der Waals surface area (Å²) >= 11 is 16.1. The minimum absolute atomic E-state index is 0.197. The number of nitrogens with zero attached hydrogens (tertiary/aromatic N) is 2. The normalized spacial score (nSPS) is 15.1. The van der Waals surface area contributed by atoms with Crippen molar-refractivity contribution in [3.63, 3.8) is 0 Å². The second kappa shape index (κ2) is 10.7. The van der Waals surface area contributed by atoms with Crippen molar-refractivity contribution in [1.82, 2.24) is 9.99 Å². The number of rotatable bonds is 6. The second-order valence-corrected chi connectivity index (χ2v) is 10.6. The lowest BCUT2D eigenvalue weighted by Gasteiger charge is -2.23. The predicted octanol–water partition coefficient (Wildman–Crippen LogP) is 6.81. The molecule has 1 aliphatic heterocycles. The van der Waals surface area contributed by atoms with Gasteiger partial charge in [-0.05, 0) is 41.5 Å². The van der Waals surface area contributed by atoms with Gasteiger partial charge in [-0.2, -0.15) is 5.10 Å². The van der Waals surface area contributed by atoms with Crippen molar-refractivity contribution in [2.45, 2.75) is 25.3 Å². The minimum Gasteiger partial charge on any atom is -0.481 e. The highest BCUT2D eigenvalue weighted by atomic mass is 79.9. The van der Waals surface area contributed by atoms with Crippen LogP contribution in [-0.2, 0) is 9.59 Å². The molecule has 0 saturated carbocycles. The molecule has 0 fully saturated rings. The highest BCUT2D eigenvalue weighted by molar-refractivity contribution is 9.10. The molecule has 0 bridgehead atoms. The Kier molecular flexibility index (Phi) is 7.38. The van der Waals surface area contributed by atoms with Crippen molar-refractivity contribution in [1.29, 1.82) is 0 Å². The highest BCUT2D eigenvalue weighted by Crippen LogP contribution is 2.40. The molecule has 3 aromatic carbocycles. The third kappa shape index (κ3) is 5.12. The number of amides is 1. The Hall–Kier alpha value is -3.46. The lowest BCUT2D eigenvalue weighted by atomic mass is 9.91. The van der Waals surface area contributed by atoms with Crippen molar-refractivity contribution in [3.05, 3.63) is 103 Å². The quantitative estimate of drug-likeness (QED) is 0.250. The molecule has 0 radical (unpaired) electrons. The Balaban J connectivity index is 1.71. The number of benzene rings is 3. The summed E-state index contributed by atoms with van der Waals surface area (Å²) in [5.74, 6) is -1.58. The summed E-state index contributed by atoms with van der Waals surface area (Å²) in [6, 6.07) is 19.4. The molecule has 1 aromatic heterocycles. The van der Waals surface area contributed by atoms with E-state index in [2.05, 4.69) is 26.0 Å². The number of nitrogens with one attached hydrogen (secondary N) is 1. The van der Waals surface area contributed by atoms with Crippen LogP contribution in [0.25, 0.3) is 22.0 Å². The van der Waals surface area contributed by atoms with Crippen LogP contribution < -0.4 is 5.56 Å². The first-order valence-electron chi connectivity index (χ1n) is 11.7. The number of aliphatic carboxylic acids is 1. The molecule has 2 heterocycles. The van der Waals surface area contributed by atoms with Crippen LogP contribution in [0.4, 0.5) is 0 Å². The van der Waals surface area contributed by atoms with Gasteiger partial charge in [0.1, 0.15) is 0 Å². The largest absolute Gasteiger partial charge is 0.481 e. The number of pyridine rings is 1. The Morgan fingerprint density at radius 3 is 2.50 bits per heavy atom. The van der Waals surface area contributed by atoms with Crippen LogP contribution in [0.5, 0.6) is 0 Å². The molecular weight excluding hydrogens is 593 g/mol. The lowest BCUT2D eigenvalue weighted by molar-refractivity contribution is -0.141. The van der Waals surface area contributed by atoms with Crippen LogP contribution in [0.3, 0.4) is 0 Å². The van der Waals surface area contributed by atoms with Crippen LogP contribution in [0.15, 0.2) is 81.1 Å². The zero-order valence-electron chi connectivity index (χ0n) is 19.7. The molecule has 1 amide bonds. The smallest absolute Gasteiger partial charge is 0.303 e. The molecule has 4 aromatic rings. The summed E-state index contributed by atoms with van der Waals surface area (Å²) in [5.41, 5.74) is 3.14. The molecule has 38 heavy (non-hydrogen) atoms. The van der Waals surface area contributed by atoms with E-state index in [0.29, 0.717) is 38.0 Å². The van der Waals surface area contributed by atoms with Gasteiger partial charge in [-0.3, -0.25) is 14.4 Å². The van der Waals surface area contributed by atoms with E-state index in [1.165, 1.54) is 5.01 Å². The van der Waals surface area contributed by atoms with Crippen molar-refractivity contribution >= 4 is 67.6 Å². The number of hydrazone groups is 1. The summed E-state index contributed by atoms with van der Waals surface area (Å²) in [5, 5.41) is 16.6. The molecule has 1 atom stereocenters. The molecule has 0 spiro atoms. The highest BCUT2D eigenvalue weighted by Gasteiger charge is 2.36. The van der Waals surface area contributed by atoms with Gasteiger partial charge in [-0.25, -0.2) is 5.01 Å². The van der Waals surface area contributed by atoms with E-state index in [-0.39, 0.29) is 24.8 Å². The van der Waals surface area contributed by atoms with Gasteiger partial charge in [0.2, 0.25) is 5.91 Å². The van der Waals surface area contributed by atoms with Gasteiger partial charge in [0.25, 0.3) is 5.56 Å². The van der Waals surface area contributed by atoms with Gasteiger partial charge in [0.15, 0.2) is 0 Å². The molecule has 1 aliphatic rings. The molecule has 0 aliphatic carbocycles. The van der Waals surface area contributed by atoms with Gasteiger partial charge in [-0.15, -0.1) is 0 Å². The standard InChI is InChI=1S/C28H20BrCl2N3O4/c29-16-6-9-21-19(12-16)26(15-4-2-1-3-5-15)27(28(38)32-21)22-14-23(18-8-7-17(30)13-20(18)31)34(33-22)24(35)10-11-25(36)37/h1-9,12-13,23H,10-11,14H2,(H,32,38)(H,36,37)/t23-/m0/s1. The van der Waals surface area contributed by atoms with E-state index in [1.807, 2.05) is 48.5 Å². The Morgan fingerprint density at radius 2 is 1.79 bits per heavy atom. The van der Waals surface area contributed by atoms with Crippen LogP contribution in [0.1, 0.15) is 36.4 Å². The minimum atomic E-state index is -1.09. The maximum atomic E-state index is 13.6. The van der Waals surface area contributed by atoms with Crippen molar-refractivity contribution < 1.29 is 14.7 Å². The summed E-state index contributed by atoms with van der Waals surface area (Å²) in [4.78, 5) is 40.9.